The number of carbonyl (C=O) groups is 1. The van der Waals surface area contributed by atoms with Crippen molar-refractivity contribution in [2.45, 2.75) is 38.3 Å². The Morgan fingerprint density at radius 3 is 2.74 bits per heavy atom. The van der Waals surface area contributed by atoms with Gasteiger partial charge >= 0.3 is 0 Å². The van der Waals surface area contributed by atoms with Crippen molar-refractivity contribution in [3.8, 4) is 0 Å². The summed E-state index contributed by atoms with van der Waals surface area (Å²) >= 11 is 0. The molecule has 0 atom stereocenters. The molecule has 5 rings (SSSR count). The highest BCUT2D eigenvalue weighted by Crippen LogP contribution is 2.48. The molecule has 0 aliphatic heterocycles. The van der Waals surface area contributed by atoms with Crippen LogP contribution >= 0.6 is 0 Å². The Balaban J connectivity index is 1.24. The highest BCUT2D eigenvalue weighted by Gasteiger charge is 2.44. The molecule has 1 aliphatic carbocycles. The highest BCUT2D eigenvalue weighted by molar-refractivity contribution is 5.89. The number of nitrogens with zero attached hydrogens (tertiary/aromatic N) is 3. The van der Waals surface area contributed by atoms with Gasteiger partial charge in [0.2, 0.25) is 5.91 Å². The molecular formula is C25H26FN7O2. The van der Waals surface area contributed by atoms with Crippen molar-refractivity contribution in [1.29, 1.82) is 0 Å². The SMILES string of the molecule is Cc1cnc(NCC2(c3ccc(F)cc3)CC2)c(=O)n1CC(=O)NCc1ccc2c(N)n[nH]c2c1. The second-order valence-corrected chi connectivity index (χ2v) is 9.05. The van der Waals surface area contributed by atoms with E-state index in [4.69, 9.17) is 5.73 Å². The van der Waals surface area contributed by atoms with Crippen LogP contribution in [0.3, 0.4) is 0 Å². The number of hydrogen-bond donors (Lipinski definition) is 4. The third-order valence-corrected chi connectivity index (χ3v) is 6.61. The van der Waals surface area contributed by atoms with Gasteiger partial charge in [-0.05, 0) is 55.2 Å². The number of aromatic amines is 1. The molecule has 1 saturated carbocycles. The van der Waals surface area contributed by atoms with Gasteiger partial charge in [0.25, 0.3) is 5.56 Å². The maximum absolute atomic E-state index is 13.3. The third-order valence-electron chi connectivity index (χ3n) is 6.61. The number of H-pyrrole nitrogens is 1. The molecule has 9 nitrogen and oxygen atoms in total. The molecule has 0 radical (unpaired) electrons. The summed E-state index contributed by atoms with van der Waals surface area (Å²) in [4.78, 5) is 29.9. The van der Waals surface area contributed by atoms with Gasteiger partial charge in [-0.1, -0.05) is 18.2 Å². The molecule has 5 N–H and O–H groups in total. The highest BCUT2D eigenvalue weighted by atomic mass is 19.1. The smallest absolute Gasteiger partial charge is 0.293 e. The van der Waals surface area contributed by atoms with Gasteiger partial charge in [-0.15, -0.1) is 0 Å². The molecule has 0 unspecified atom stereocenters. The summed E-state index contributed by atoms with van der Waals surface area (Å²) < 4.78 is 14.7. The van der Waals surface area contributed by atoms with Crippen molar-refractivity contribution in [2.75, 3.05) is 17.6 Å². The molecule has 0 spiro atoms. The monoisotopic (exact) mass is 475 g/mol. The number of benzene rings is 2. The minimum Gasteiger partial charge on any atom is -0.382 e. The van der Waals surface area contributed by atoms with Gasteiger partial charge in [-0.25, -0.2) is 9.37 Å². The number of rotatable bonds is 8. The normalized spacial score (nSPS) is 14.1. The molecule has 0 saturated heterocycles. The van der Waals surface area contributed by atoms with Crippen LogP contribution in [0.1, 0.15) is 29.7 Å². The lowest BCUT2D eigenvalue weighted by Crippen LogP contribution is -2.35. The van der Waals surface area contributed by atoms with Crippen LogP contribution < -0.4 is 21.9 Å². The minimum atomic E-state index is -0.357. The van der Waals surface area contributed by atoms with Gasteiger partial charge in [-0.3, -0.25) is 19.3 Å². The molecule has 2 aromatic carbocycles. The number of nitrogens with two attached hydrogens (primary N) is 1. The van der Waals surface area contributed by atoms with E-state index >= 15 is 0 Å². The number of nitrogen functional groups attached to an aromatic ring is 1. The van der Waals surface area contributed by atoms with Crippen LogP contribution in [0.2, 0.25) is 0 Å². The van der Waals surface area contributed by atoms with Crippen molar-refractivity contribution >= 4 is 28.4 Å². The second-order valence-electron chi connectivity index (χ2n) is 9.05. The Morgan fingerprint density at radius 1 is 1.23 bits per heavy atom. The second kappa shape index (κ2) is 8.86. The van der Waals surface area contributed by atoms with Crippen LogP contribution in [0.25, 0.3) is 10.9 Å². The van der Waals surface area contributed by atoms with Gasteiger partial charge in [-0.2, -0.15) is 5.10 Å². The van der Waals surface area contributed by atoms with Gasteiger partial charge in [0.1, 0.15) is 12.4 Å². The Morgan fingerprint density at radius 2 is 2.00 bits per heavy atom. The molecule has 0 bridgehead atoms. The zero-order chi connectivity index (χ0) is 24.6. The summed E-state index contributed by atoms with van der Waals surface area (Å²) in [5.41, 5.74) is 8.60. The Labute approximate surface area is 200 Å². The predicted molar refractivity (Wildman–Crippen MR) is 131 cm³/mol. The Bertz CT molecular complexity index is 1460. The molecular weight excluding hydrogens is 449 g/mol. The quantitative estimate of drug-likeness (QED) is 0.310. The first kappa shape index (κ1) is 22.6. The van der Waals surface area contributed by atoms with Crippen molar-refractivity contribution < 1.29 is 9.18 Å². The first-order valence-corrected chi connectivity index (χ1v) is 11.4. The largest absolute Gasteiger partial charge is 0.382 e. The van der Waals surface area contributed by atoms with Gasteiger partial charge in [0.15, 0.2) is 11.6 Å². The van der Waals surface area contributed by atoms with E-state index in [1.807, 2.05) is 18.2 Å². The minimum absolute atomic E-state index is 0.121. The van der Waals surface area contributed by atoms with Crippen molar-refractivity contribution in [2.24, 2.45) is 0 Å². The fourth-order valence-corrected chi connectivity index (χ4v) is 4.26. The van der Waals surface area contributed by atoms with E-state index in [-0.39, 0.29) is 35.1 Å². The standard InChI is InChI=1S/C25H26FN7O2/c1-15-11-29-23(30-14-25(8-9-25)17-3-5-18(26)6-4-17)24(35)33(15)13-21(34)28-12-16-2-7-19-20(10-16)31-32-22(19)27/h2-7,10-11H,8-9,12-14H2,1H3,(H,28,34)(H,29,30)(H3,27,31,32). The van der Waals surface area contributed by atoms with Crippen LogP contribution in [-0.2, 0) is 23.3 Å². The number of hydrogen-bond acceptors (Lipinski definition) is 6. The maximum atomic E-state index is 13.3. The zero-order valence-corrected chi connectivity index (χ0v) is 19.3. The molecule has 35 heavy (non-hydrogen) atoms. The fraction of sp³-hybridized carbons (Fsp3) is 0.280. The maximum Gasteiger partial charge on any atom is 0.293 e. The molecule has 2 heterocycles. The molecule has 2 aromatic heterocycles. The van der Waals surface area contributed by atoms with E-state index in [0.717, 1.165) is 34.9 Å². The summed E-state index contributed by atoms with van der Waals surface area (Å²) in [7, 11) is 0. The predicted octanol–water partition coefficient (Wildman–Crippen LogP) is 2.61. The third kappa shape index (κ3) is 4.59. The first-order chi connectivity index (χ1) is 16.8. The Kier molecular flexibility index (Phi) is 5.72. The number of carbonyl (C=O) groups excluding carboxylic acids is 1. The summed E-state index contributed by atoms with van der Waals surface area (Å²) in [6.07, 6.45) is 3.47. The lowest BCUT2D eigenvalue weighted by Gasteiger charge is -2.18. The summed E-state index contributed by atoms with van der Waals surface area (Å²) in [5, 5.41) is 13.7. The van der Waals surface area contributed by atoms with Crippen molar-refractivity contribution in [1.82, 2.24) is 25.1 Å². The molecule has 1 aliphatic rings. The van der Waals surface area contributed by atoms with Crippen LogP contribution in [0.15, 0.2) is 53.5 Å². The number of halogens is 1. The summed E-state index contributed by atoms with van der Waals surface area (Å²) in [5.74, 6) is 0.0591. The summed E-state index contributed by atoms with van der Waals surface area (Å²) in [6.45, 7) is 2.43. The van der Waals surface area contributed by atoms with Crippen LogP contribution in [0, 0.1) is 12.7 Å². The number of aryl methyl sites for hydroxylation is 1. The molecule has 180 valence electrons. The number of anilines is 2. The van der Waals surface area contributed by atoms with E-state index < -0.39 is 0 Å². The lowest BCUT2D eigenvalue weighted by atomic mass is 9.96. The van der Waals surface area contributed by atoms with E-state index in [9.17, 15) is 14.0 Å². The number of aromatic nitrogens is 4. The topological polar surface area (TPSA) is 131 Å². The van der Waals surface area contributed by atoms with E-state index in [0.29, 0.717) is 24.6 Å². The zero-order valence-electron chi connectivity index (χ0n) is 19.3. The summed E-state index contributed by atoms with van der Waals surface area (Å²) in [6, 6.07) is 12.1. The average Bonchev–Trinajstić information content (AvgIpc) is 3.56. The van der Waals surface area contributed by atoms with Gasteiger partial charge in [0.05, 0.1) is 5.52 Å². The number of fused-ring (bicyclic) bond motifs is 1. The van der Waals surface area contributed by atoms with Gasteiger partial charge in [0, 0.05) is 35.8 Å². The number of nitrogens with one attached hydrogen (secondary N) is 3. The molecule has 1 fully saturated rings. The fourth-order valence-electron chi connectivity index (χ4n) is 4.26. The molecule has 10 heteroatoms. The van der Waals surface area contributed by atoms with Crippen LogP contribution in [0.4, 0.5) is 16.0 Å². The van der Waals surface area contributed by atoms with Gasteiger partial charge < -0.3 is 16.4 Å². The average molecular weight is 476 g/mol. The van der Waals surface area contributed by atoms with Crippen molar-refractivity contribution in [3.63, 3.8) is 0 Å². The molecule has 1 amide bonds. The van der Waals surface area contributed by atoms with E-state index in [1.54, 1.807) is 25.3 Å². The van der Waals surface area contributed by atoms with E-state index in [2.05, 4.69) is 25.8 Å². The number of amides is 1. The first-order valence-electron chi connectivity index (χ1n) is 11.4. The van der Waals surface area contributed by atoms with E-state index in [1.165, 1.54) is 16.7 Å². The van der Waals surface area contributed by atoms with Crippen LogP contribution in [-0.4, -0.2) is 32.2 Å². The molecule has 4 aromatic rings. The lowest BCUT2D eigenvalue weighted by molar-refractivity contribution is -0.121. The van der Waals surface area contributed by atoms with Crippen LogP contribution in [0.5, 0.6) is 0 Å². The van der Waals surface area contributed by atoms with Crippen molar-refractivity contribution in [3.05, 3.63) is 81.7 Å². The Hall–Kier alpha value is -4.21.